The number of pyridine rings is 1. The summed E-state index contributed by atoms with van der Waals surface area (Å²) in [5.41, 5.74) is 3.62. The van der Waals surface area contributed by atoms with Crippen LogP contribution in [-0.2, 0) is 6.42 Å². The van der Waals surface area contributed by atoms with Gasteiger partial charge in [0.15, 0.2) is 0 Å². The molecule has 0 spiro atoms. The van der Waals surface area contributed by atoms with E-state index in [0.717, 1.165) is 34.9 Å². The number of amides is 3. The van der Waals surface area contributed by atoms with Gasteiger partial charge in [-0.25, -0.2) is 4.39 Å². The van der Waals surface area contributed by atoms with Crippen LogP contribution in [0.2, 0.25) is 0 Å². The summed E-state index contributed by atoms with van der Waals surface area (Å²) in [4.78, 5) is 46.3. The third-order valence-corrected chi connectivity index (χ3v) is 8.16. The fourth-order valence-corrected chi connectivity index (χ4v) is 5.87. The number of fused-ring (bicyclic) bond motifs is 3. The van der Waals surface area contributed by atoms with E-state index in [2.05, 4.69) is 15.6 Å². The molecule has 0 saturated heterocycles. The molecule has 39 heavy (non-hydrogen) atoms. The van der Waals surface area contributed by atoms with E-state index in [1.54, 1.807) is 30.2 Å². The Labute approximate surface area is 228 Å². The molecule has 3 heterocycles. The molecule has 0 atom stereocenters. The number of benzene rings is 2. The zero-order valence-corrected chi connectivity index (χ0v) is 22.0. The van der Waals surface area contributed by atoms with Crippen molar-refractivity contribution >= 4 is 40.4 Å². The van der Waals surface area contributed by atoms with E-state index in [1.807, 2.05) is 30.3 Å². The van der Waals surface area contributed by atoms with Crippen LogP contribution in [0.1, 0.15) is 54.5 Å². The van der Waals surface area contributed by atoms with Gasteiger partial charge >= 0.3 is 0 Å². The molecule has 196 valence electrons. The van der Waals surface area contributed by atoms with Gasteiger partial charge in [-0.15, -0.1) is 11.3 Å². The first-order valence-electron chi connectivity index (χ1n) is 12.8. The lowest BCUT2D eigenvalue weighted by Crippen LogP contribution is -2.32. The van der Waals surface area contributed by atoms with Crippen molar-refractivity contribution in [1.82, 2.24) is 10.3 Å². The van der Waals surface area contributed by atoms with Gasteiger partial charge in [0.25, 0.3) is 17.7 Å². The zero-order valence-electron chi connectivity index (χ0n) is 21.2. The van der Waals surface area contributed by atoms with Crippen molar-refractivity contribution in [3.8, 4) is 10.4 Å². The molecular weight excluding hydrogens is 515 g/mol. The van der Waals surface area contributed by atoms with Crippen molar-refractivity contribution in [1.29, 1.82) is 0 Å². The molecule has 1 aliphatic carbocycles. The van der Waals surface area contributed by atoms with Gasteiger partial charge in [0.05, 0.1) is 21.8 Å². The predicted octanol–water partition coefficient (Wildman–Crippen LogP) is 5.61. The Bertz CT molecular complexity index is 1630. The van der Waals surface area contributed by atoms with Gasteiger partial charge in [-0.05, 0) is 74.2 Å². The summed E-state index contributed by atoms with van der Waals surface area (Å²) in [7, 11) is 0. The highest BCUT2D eigenvalue weighted by atomic mass is 32.1. The Morgan fingerprint density at radius 1 is 1.03 bits per heavy atom. The normalized spacial score (nSPS) is 14.2. The van der Waals surface area contributed by atoms with Gasteiger partial charge in [0, 0.05) is 40.5 Å². The lowest BCUT2D eigenvalue weighted by atomic mass is 10.1. The van der Waals surface area contributed by atoms with Gasteiger partial charge in [0.2, 0.25) is 0 Å². The Morgan fingerprint density at radius 2 is 1.85 bits per heavy atom. The number of carbonyl (C=O) groups is 3. The summed E-state index contributed by atoms with van der Waals surface area (Å²) in [6, 6.07) is 17.1. The molecule has 2 aromatic carbocycles. The molecule has 4 aromatic rings. The maximum absolute atomic E-state index is 15.1. The van der Waals surface area contributed by atoms with E-state index >= 15 is 4.39 Å². The first kappa shape index (κ1) is 24.9. The minimum Gasteiger partial charge on any atom is -0.349 e. The number of hydrogen-bond acceptors (Lipinski definition) is 5. The second-order valence-electron chi connectivity index (χ2n) is 9.72. The summed E-state index contributed by atoms with van der Waals surface area (Å²) in [6.45, 7) is 2.08. The fraction of sp³-hybridized carbons (Fsp3) is 0.200. The molecule has 0 unspecified atom stereocenters. The van der Waals surface area contributed by atoms with E-state index < -0.39 is 11.7 Å². The van der Waals surface area contributed by atoms with Gasteiger partial charge in [0.1, 0.15) is 5.82 Å². The Kier molecular flexibility index (Phi) is 6.44. The van der Waals surface area contributed by atoms with Crippen LogP contribution in [0, 0.1) is 12.7 Å². The molecule has 2 N–H and O–H groups in total. The van der Waals surface area contributed by atoms with Crippen LogP contribution in [0.5, 0.6) is 0 Å². The van der Waals surface area contributed by atoms with E-state index in [1.165, 1.54) is 23.5 Å². The first-order chi connectivity index (χ1) is 18.9. The van der Waals surface area contributed by atoms with Crippen molar-refractivity contribution in [2.75, 3.05) is 16.8 Å². The number of nitrogens with zero attached hydrogens (tertiary/aromatic N) is 2. The summed E-state index contributed by atoms with van der Waals surface area (Å²) in [5, 5.41) is 5.61. The second-order valence-corrected chi connectivity index (χ2v) is 10.8. The molecule has 3 amide bonds. The molecule has 9 heteroatoms. The highest BCUT2D eigenvalue weighted by molar-refractivity contribution is 7.17. The molecule has 1 saturated carbocycles. The number of aryl methyl sites for hydroxylation is 1. The maximum atomic E-state index is 15.1. The van der Waals surface area contributed by atoms with Gasteiger partial charge in [-0.2, -0.15) is 0 Å². The number of anilines is 2. The van der Waals surface area contributed by atoms with Crippen LogP contribution in [0.25, 0.3) is 10.4 Å². The van der Waals surface area contributed by atoms with Crippen LogP contribution in [0.4, 0.5) is 15.8 Å². The lowest BCUT2D eigenvalue weighted by molar-refractivity contribution is 0.0952. The standard InChI is InChI=1S/C30H25FN4O3S/c1-17-21(6-4-13-32-17)28(36)34-24-11-8-19(15-23(24)31)30(38)35-14-12-18-16-26(29(37)33-20-9-10-20)39-27(18)22-5-2-3-7-25(22)35/h2-8,11,13,15-16,20H,9-10,12,14H2,1H3,(H,33,37)(H,34,36). The number of halogens is 1. The van der Waals surface area contributed by atoms with Gasteiger partial charge in [-0.1, -0.05) is 18.2 Å². The number of thiophene rings is 1. The molecule has 0 radical (unpaired) electrons. The van der Waals surface area contributed by atoms with Crippen LogP contribution in [0.3, 0.4) is 0 Å². The number of aromatic nitrogens is 1. The van der Waals surface area contributed by atoms with E-state index in [0.29, 0.717) is 34.8 Å². The molecule has 2 aliphatic rings. The number of hydrogen-bond donors (Lipinski definition) is 2. The third-order valence-electron chi connectivity index (χ3n) is 6.95. The van der Waals surface area contributed by atoms with Crippen LogP contribution >= 0.6 is 11.3 Å². The minimum absolute atomic E-state index is 0.0183. The largest absolute Gasteiger partial charge is 0.349 e. The summed E-state index contributed by atoms with van der Waals surface area (Å²) < 4.78 is 15.1. The Balaban J connectivity index is 1.25. The number of carbonyl (C=O) groups excluding carboxylic acids is 3. The predicted molar refractivity (Wildman–Crippen MR) is 149 cm³/mol. The van der Waals surface area contributed by atoms with Crippen molar-refractivity contribution in [3.63, 3.8) is 0 Å². The summed E-state index contributed by atoms with van der Waals surface area (Å²) >= 11 is 1.43. The third kappa shape index (κ3) is 4.93. The smallest absolute Gasteiger partial charge is 0.261 e. The van der Waals surface area contributed by atoms with E-state index in [-0.39, 0.29) is 29.1 Å². The topological polar surface area (TPSA) is 91.4 Å². The number of rotatable bonds is 5. The Morgan fingerprint density at radius 3 is 2.62 bits per heavy atom. The number of nitrogens with one attached hydrogen (secondary N) is 2. The quantitative estimate of drug-likeness (QED) is 0.345. The van der Waals surface area contributed by atoms with Crippen molar-refractivity contribution in [3.05, 3.63) is 99.9 Å². The summed E-state index contributed by atoms with van der Waals surface area (Å²) in [5.74, 6) is -1.58. The molecule has 0 bridgehead atoms. The maximum Gasteiger partial charge on any atom is 0.261 e. The molecule has 2 aromatic heterocycles. The van der Waals surface area contributed by atoms with Crippen molar-refractivity contribution in [2.24, 2.45) is 0 Å². The van der Waals surface area contributed by atoms with E-state index in [9.17, 15) is 14.4 Å². The zero-order chi connectivity index (χ0) is 27.1. The van der Waals surface area contributed by atoms with Gasteiger partial charge in [-0.3, -0.25) is 19.4 Å². The SMILES string of the molecule is Cc1ncccc1C(=O)Nc1ccc(C(=O)N2CCc3cc(C(=O)NC4CC4)sc3-c3ccccc32)cc1F. The molecule has 1 aliphatic heterocycles. The van der Waals surface area contributed by atoms with Crippen molar-refractivity contribution in [2.45, 2.75) is 32.2 Å². The Hall–Kier alpha value is -4.37. The van der Waals surface area contributed by atoms with Crippen molar-refractivity contribution < 1.29 is 18.8 Å². The molecule has 1 fully saturated rings. The van der Waals surface area contributed by atoms with Crippen LogP contribution in [-0.4, -0.2) is 35.3 Å². The molecular formula is C30H25FN4O3S. The minimum atomic E-state index is -0.704. The summed E-state index contributed by atoms with van der Waals surface area (Å²) in [6.07, 6.45) is 4.19. The average molecular weight is 541 g/mol. The highest BCUT2D eigenvalue weighted by Crippen LogP contribution is 2.42. The van der Waals surface area contributed by atoms with E-state index in [4.69, 9.17) is 0 Å². The highest BCUT2D eigenvalue weighted by Gasteiger charge is 2.29. The van der Waals surface area contributed by atoms with Gasteiger partial charge < -0.3 is 15.5 Å². The van der Waals surface area contributed by atoms with Crippen LogP contribution < -0.4 is 15.5 Å². The lowest BCUT2D eigenvalue weighted by Gasteiger charge is -2.23. The average Bonchev–Trinajstić information content (AvgIpc) is 3.68. The second kappa shape index (κ2) is 10.1. The fourth-order valence-electron chi connectivity index (χ4n) is 4.72. The monoisotopic (exact) mass is 540 g/mol. The van der Waals surface area contributed by atoms with Crippen LogP contribution in [0.15, 0.2) is 66.9 Å². The first-order valence-corrected chi connectivity index (χ1v) is 13.6. The molecule has 6 rings (SSSR count). The number of para-hydroxylation sites is 1. The molecule has 7 nitrogen and oxygen atoms in total.